The highest BCUT2D eigenvalue weighted by Crippen LogP contribution is 2.31. The molecule has 1 aliphatic heterocycles. The van der Waals surface area contributed by atoms with Gasteiger partial charge in [-0.1, -0.05) is 23.2 Å². The Morgan fingerprint density at radius 3 is 2.48 bits per heavy atom. The van der Waals surface area contributed by atoms with Gasteiger partial charge in [-0.3, -0.25) is 9.28 Å². The molecule has 0 unspecified atom stereocenters. The van der Waals surface area contributed by atoms with Crippen molar-refractivity contribution in [2.45, 2.75) is 0 Å². The Bertz CT molecular complexity index is 1150. The minimum atomic E-state index is -0.560. The van der Waals surface area contributed by atoms with Crippen molar-refractivity contribution in [1.29, 1.82) is 0 Å². The van der Waals surface area contributed by atoms with E-state index in [0.29, 0.717) is 34.1 Å². The van der Waals surface area contributed by atoms with E-state index in [1.165, 1.54) is 18.6 Å². The predicted molar refractivity (Wildman–Crippen MR) is 120 cm³/mol. The first-order chi connectivity index (χ1) is 14.8. The third-order valence-corrected chi connectivity index (χ3v) is 6.10. The van der Waals surface area contributed by atoms with Gasteiger partial charge in [0.2, 0.25) is 11.7 Å². The monoisotopic (exact) mass is 461 g/mol. The van der Waals surface area contributed by atoms with Crippen LogP contribution in [0, 0.1) is 5.82 Å². The second-order valence-electron chi connectivity index (χ2n) is 7.61. The first-order valence-electron chi connectivity index (χ1n) is 9.60. The normalized spacial score (nSPS) is 15.7. The van der Waals surface area contributed by atoms with Gasteiger partial charge in [0, 0.05) is 17.8 Å². The molecule has 3 aromatic rings. The highest BCUT2D eigenvalue weighted by atomic mass is 35.5. The average Bonchev–Trinajstić information content (AvgIpc) is 2.76. The van der Waals surface area contributed by atoms with Gasteiger partial charge in [0.15, 0.2) is 0 Å². The van der Waals surface area contributed by atoms with Gasteiger partial charge in [0.1, 0.15) is 36.1 Å². The fourth-order valence-corrected chi connectivity index (χ4v) is 4.19. The van der Waals surface area contributed by atoms with Gasteiger partial charge >= 0.3 is 0 Å². The van der Waals surface area contributed by atoms with Crippen LogP contribution < -0.4 is 15.1 Å². The summed E-state index contributed by atoms with van der Waals surface area (Å²) in [5, 5.41) is 0.472. The minimum absolute atomic E-state index is 0.0513. The number of aromatic nitrogens is 3. The number of carbonyl (C=O) groups is 1. The molecule has 0 saturated carbocycles. The Balaban J connectivity index is 1.52. The summed E-state index contributed by atoms with van der Waals surface area (Å²) in [6, 6.07) is 7.94. The largest absolute Gasteiger partial charge is 0.366 e. The van der Waals surface area contributed by atoms with E-state index in [0.717, 1.165) is 24.5 Å². The minimum Gasteiger partial charge on any atom is -0.366 e. The SMILES string of the molecule is C[N+]1(c2ncc(C(N)=O)cc2Cl)CCN(c2cc(-c3ccc(F)c(Cl)c3)ncn2)CC1. The van der Waals surface area contributed by atoms with Crippen molar-refractivity contribution >= 4 is 40.7 Å². The summed E-state index contributed by atoms with van der Waals surface area (Å²) in [7, 11) is 2.06. The fraction of sp³-hybridized carbons (Fsp3) is 0.238. The standard InChI is InChI=1S/C21H19Cl2FN6O/c1-30(21-16(23)9-14(11-26-21)20(25)31)6-4-29(5-7-30)19-10-18(27-12-28-19)13-2-3-17(24)15(22)8-13/h2-3,8-12H,4-7H2,1H3,(H-,25,31)/p+1. The number of nitrogens with zero attached hydrogens (tertiary/aromatic N) is 5. The predicted octanol–water partition coefficient (Wildman–Crippen LogP) is 3.54. The number of carbonyl (C=O) groups excluding carboxylic acids is 1. The second-order valence-corrected chi connectivity index (χ2v) is 8.43. The fourth-order valence-electron chi connectivity index (χ4n) is 3.64. The highest BCUT2D eigenvalue weighted by molar-refractivity contribution is 6.33. The van der Waals surface area contributed by atoms with Crippen LogP contribution >= 0.6 is 23.2 Å². The first kappa shape index (κ1) is 21.4. The van der Waals surface area contributed by atoms with Crippen molar-refractivity contribution in [3.05, 3.63) is 64.3 Å². The number of hydrogen-bond donors (Lipinski definition) is 1. The summed E-state index contributed by atoms with van der Waals surface area (Å²) in [6.45, 7) is 2.91. The summed E-state index contributed by atoms with van der Waals surface area (Å²) in [6.07, 6.45) is 2.95. The molecular weight excluding hydrogens is 442 g/mol. The number of anilines is 1. The van der Waals surface area contributed by atoms with Crippen molar-refractivity contribution in [3.63, 3.8) is 0 Å². The van der Waals surface area contributed by atoms with Crippen molar-refractivity contribution in [2.75, 3.05) is 38.1 Å². The van der Waals surface area contributed by atoms with Crippen LogP contribution in [-0.2, 0) is 0 Å². The average molecular weight is 462 g/mol. The van der Waals surface area contributed by atoms with Crippen LogP contribution in [0.15, 0.2) is 42.9 Å². The maximum absolute atomic E-state index is 13.5. The summed E-state index contributed by atoms with van der Waals surface area (Å²) >= 11 is 12.3. The molecular formula is C21H20Cl2FN6O+. The number of primary amides is 1. The Hall–Kier alpha value is -2.81. The summed E-state index contributed by atoms with van der Waals surface area (Å²) in [5.41, 5.74) is 6.98. The Morgan fingerprint density at radius 1 is 1.10 bits per heavy atom. The van der Waals surface area contributed by atoms with Gasteiger partial charge in [0.05, 0.1) is 36.4 Å². The van der Waals surface area contributed by atoms with E-state index < -0.39 is 11.7 Å². The van der Waals surface area contributed by atoms with E-state index in [1.54, 1.807) is 18.2 Å². The molecule has 1 aromatic carbocycles. The van der Waals surface area contributed by atoms with Gasteiger partial charge in [-0.25, -0.2) is 19.3 Å². The van der Waals surface area contributed by atoms with Gasteiger partial charge in [-0.15, -0.1) is 0 Å². The maximum Gasteiger partial charge on any atom is 0.250 e. The third-order valence-electron chi connectivity index (χ3n) is 5.54. The van der Waals surface area contributed by atoms with E-state index in [-0.39, 0.29) is 10.6 Å². The smallest absolute Gasteiger partial charge is 0.250 e. The molecule has 10 heteroatoms. The Kier molecular flexibility index (Phi) is 5.79. The number of pyridine rings is 1. The van der Waals surface area contributed by atoms with Crippen molar-refractivity contribution < 1.29 is 9.18 Å². The maximum atomic E-state index is 13.5. The third kappa shape index (κ3) is 4.32. The van der Waals surface area contributed by atoms with E-state index in [2.05, 4.69) is 26.9 Å². The Labute approximate surface area is 188 Å². The van der Waals surface area contributed by atoms with E-state index in [1.807, 2.05) is 6.07 Å². The van der Waals surface area contributed by atoms with Crippen LogP contribution in [0.5, 0.6) is 0 Å². The number of nitrogens with two attached hydrogens (primary N) is 1. The topological polar surface area (TPSA) is 85.0 Å². The molecule has 0 bridgehead atoms. The zero-order valence-corrected chi connectivity index (χ0v) is 18.2. The number of amides is 1. The van der Waals surface area contributed by atoms with Gasteiger partial charge < -0.3 is 10.6 Å². The van der Waals surface area contributed by atoms with Crippen molar-refractivity contribution in [3.8, 4) is 11.3 Å². The molecule has 4 rings (SSSR count). The number of piperazine rings is 1. The zero-order valence-electron chi connectivity index (χ0n) is 16.7. The number of benzene rings is 1. The molecule has 3 heterocycles. The summed E-state index contributed by atoms with van der Waals surface area (Å²) < 4.78 is 14.0. The van der Waals surface area contributed by atoms with Crippen LogP contribution in [0.2, 0.25) is 10.0 Å². The van der Waals surface area contributed by atoms with Crippen LogP contribution in [0.4, 0.5) is 16.0 Å². The molecule has 1 fully saturated rings. The number of quaternary nitrogens is 1. The molecule has 2 aromatic heterocycles. The number of halogens is 3. The number of likely N-dealkylation sites (N-methyl/N-ethyl adjacent to an activating group) is 1. The lowest BCUT2D eigenvalue weighted by atomic mass is 10.1. The van der Waals surface area contributed by atoms with Crippen LogP contribution in [0.25, 0.3) is 11.3 Å². The first-order valence-corrected chi connectivity index (χ1v) is 10.4. The van der Waals surface area contributed by atoms with E-state index >= 15 is 0 Å². The highest BCUT2D eigenvalue weighted by Gasteiger charge is 2.35. The molecule has 31 heavy (non-hydrogen) atoms. The van der Waals surface area contributed by atoms with Gasteiger partial charge in [0.25, 0.3) is 0 Å². The second kappa shape index (κ2) is 8.37. The lowest BCUT2D eigenvalue weighted by Gasteiger charge is -2.41. The van der Waals surface area contributed by atoms with E-state index in [9.17, 15) is 9.18 Å². The number of rotatable bonds is 4. The van der Waals surface area contributed by atoms with Crippen LogP contribution in [0.3, 0.4) is 0 Å². The molecule has 1 amide bonds. The zero-order chi connectivity index (χ0) is 22.2. The van der Waals surface area contributed by atoms with Gasteiger partial charge in [-0.05, 0) is 24.3 Å². The molecule has 7 nitrogen and oxygen atoms in total. The molecule has 0 atom stereocenters. The lowest BCUT2D eigenvalue weighted by Crippen LogP contribution is -2.59. The quantitative estimate of drug-likeness (QED) is 0.600. The molecule has 0 aliphatic carbocycles. The summed E-state index contributed by atoms with van der Waals surface area (Å²) in [5.74, 6) is 0.454. The molecule has 160 valence electrons. The number of hydrogen-bond acceptors (Lipinski definition) is 5. The van der Waals surface area contributed by atoms with Crippen molar-refractivity contribution in [1.82, 2.24) is 19.4 Å². The molecule has 2 N–H and O–H groups in total. The lowest BCUT2D eigenvalue weighted by molar-refractivity contribution is 0.1000. The molecule has 1 saturated heterocycles. The Morgan fingerprint density at radius 2 is 1.84 bits per heavy atom. The van der Waals surface area contributed by atoms with Crippen molar-refractivity contribution in [2.24, 2.45) is 5.73 Å². The van der Waals surface area contributed by atoms with Gasteiger partial charge in [-0.2, -0.15) is 0 Å². The van der Waals surface area contributed by atoms with E-state index in [4.69, 9.17) is 28.9 Å². The van der Waals surface area contributed by atoms with Crippen LogP contribution in [0.1, 0.15) is 10.4 Å². The molecule has 0 spiro atoms. The summed E-state index contributed by atoms with van der Waals surface area (Å²) in [4.78, 5) is 26.6. The molecule has 0 radical (unpaired) electrons. The molecule has 1 aliphatic rings. The van der Waals surface area contributed by atoms with Crippen LogP contribution in [-0.4, -0.2) is 54.1 Å².